The summed E-state index contributed by atoms with van der Waals surface area (Å²) < 4.78 is 38.9. The molecule has 8 heteroatoms. The average molecular weight is 342 g/mol. The van der Waals surface area contributed by atoms with Gasteiger partial charge in [-0.25, -0.2) is 17.1 Å². The monoisotopic (exact) mass is 342 g/mol. The second-order valence-electron chi connectivity index (χ2n) is 4.79. The van der Waals surface area contributed by atoms with Crippen LogP contribution in [0.5, 0.6) is 0 Å². The van der Waals surface area contributed by atoms with Crippen molar-refractivity contribution in [1.82, 2.24) is 4.31 Å². The van der Waals surface area contributed by atoms with Gasteiger partial charge in [0.1, 0.15) is 5.82 Å². The van der Waals surface area contributed by atoms with E-state index in [2.05, 4.69) is 5.32 Å². The van der Waals surface area contributed by atoms with Gasteiger partial charge in [0.15, 0.2) is 0 Å². The van der Waals surface area contributed by atoms with Crippen molar-refractivity contribution in [2.45, 2.75) is 11.8 Å². The Morgan fingerprint density at radius 2 is 1.91 bits per heavy atom. The Labute approximate surface area is 132 Å². The van der Waals surface area contributed by atoms with Gasteiger partial charge in [0.05, 0.1) is 15.5 Å². The van der Waals surface area contributed by atoms with Gasteiger partial charge >= 0.3 is 0 Å². The fraction of sp³-hybridized carbons (Fsp3) is 0.214. The standard InChI is InChI=1S/C14H15FN2O3S2/c1-9-4-7-13(21-9)14(18)16-12-8-10(5-6-11(12)15)22(19,20)17(2)3/h4-8H,1-3H3,(H,16,18). The largest absolute Gasteiger partial charge is 0.319 e. The molecule has 22 heavy (non-hydrogen) atoms. The first-order chi connectivity index (χ1) is 10.2. The van der Waals surface area contributed by atoms with Gasteiger partial charge in [0.25, 0.3) is 5.91 Å². The van der Waals surface area contributed by atoms with Crippen LogP contribution >= 0.6 is 11.3 Å². The Kier molecular flexibility index (Phi) is 4.64. The van der Waals surface area contributed by atoms with Crippen LogP contribution in [0.4, 0.5) is 10.1 Å². The number of carbonyl (C=O) groups is 1. The lowest BCUT2D eigenvalue weighted by molar-refractivity contribution is 0.103. The van der Waals surface area contributed by atoms with Gasteiger partial charge in [-0.3, -0.25) is 4.79 Å². The summed E-state index contributed by atoms with van der Waals surface area (Å²) in [6.07, 6.45) is 0. The number of aryl methyl sites for hydroxylation is 1. The smallest absolute Gasteiger partial charge is 0.265 e. The number of nitrogens with zero attached hydrogens (tertiary/aromatic N) is 1. The number of thiophene rings is 1. The summed E-state index contributed by atoms with van der Waals surface area (Å²) in [7, 11) is -0.934. The minimum Gasteiger partial charge on any atom is -0.319 e. The molecule has 0 bridgehead atoms. The van der Waals surface area contributed by atoms with Gasteiger partial charge in [-0.05, 0) is 37.3 Å². The fourth-order valence-corrected chi connectivity index (χ4v) is 3.40. The lowest BCUT2D eigenvalue weighted by Crippen LogP contribution is -2.22. The van der Waals surface area contributed by atoms with E-state index in [4.69, 9.17) is 0 Å². The second-order valence-corrected chi connectivity index (χ2v) is 8.23. The number of carbonyl (C=O) groups excluding carboxylic acids is 1. The van der Waals surface area contributed by atoms with E-state index in [1.807, 2.05) is 6.92 Å². The highest BCUT2D eigenvalue weighted by atomic mass is 32.2. The Morgan fingerprint density at radius 1 is 1.23 bits per heavy atom. The molecule has 0 radical (unpaired) electrons. The molecule has 1 N–H and O–H groups in total. The highest BCUT2D eigenvalue weighted by Gasteiger charge is 2.20. The van der Waals surface area contributed by atoms with Crippen molar-refractivity contribution in [1.29, 1.82) is 0 Å². The molecule has 0 atom stereocenters. The van der Waals surface area contributed by atoms with Crippen LogP contribution in [0.3, 0.4) is 0 Å². The molecule has 0 spiro atoms. The van der Waals surface area contributed by atoms with Crippen molar-refractivity contribution in [3.05, 3.63) is 45.9 Å². The molecule has 5 nitrogen and oxygen atoms in total. The zero-order valence-electron chi connectivity index (χ0n) is 12.3. The van der Waals surface area contributed by atoms with Crippen LogP contribution < -0.4 is 5.32 Å². The molecule has 0 saturated carbocycles. The Morgan fingerprint density at radius 3 is 2.45 bits per heavy atom. The van der Waals surface area contributed by atoms with E-state index in [9.17, 15) is 17.6 Å². The van der Waals surface area contributed by atoms with Crippen LogP contribution in [0.15, 0.2) is 35.2 Å². The van der Waals surface area contributed by atoms with E-state index in [0.717, 1.165) is 27.4 Å². The molecular weight excluding hydrogens is 327 g/mol. The molecule has 0 aliphatic carbocycles. The average Bonchev–Trinajstić information content (AvgIpc) is 2.87. The van der Waals surface area contributed by atoms with Crippen LogP contribution in [0.1, 0.15) is 14.5 Å². The minimum absolute atomic E-state index is 0.0865. The summed E-state index contributed by atoms with van der Waals surface area (Å²) in [6.45, 7) is 1.85. The van der Waals surface area contributed by atoms with Crippen molar-refractivity contribution in [3.8, 4) is 0 Å². The molecule has 2 aromatic rings. The van der Waals surface area contributed by atoms with Gasteiger partial charge in [-0.1, -0.05) is 0 Å². The number of hydrogen-bond acceptors (Lipinski definition) is 4. The highest BCUT2D eigenvalue weighted by Crippen LogP contribution is 2.23. The zero-order chi connectivity index (χ0) is 16.5. The Bertz CT molecular complexity index is 813. The van der Waals surface area contributed by atoms with E-state index < -0.39 is 21.7 Å². The lowest BCUT2D eigenvalue weighted by atomic mass is 10.3. The third-order valence-corrected chi connectivity index (χ3v) is 5.74. The van der Waals surface area contributed by atoms with Crippen LogP contribution in [0.2, 0.25) is 0 Å². The van der Waals surface area contributed by atoms with Crippen molar-refractivity contribution in [2.24, 2.45) is 0 Å². The van der Waals surface area contributed by atoms with Gasteiger partial charge < -0.3 is 5.32 Å². The SMILES string of the molecule is Cc1ccc(C(=O)Nc2cc(S(=O)(=O)N(C)C)ccc2F)s1. The quantitative estimate of drug-likeness (QED) is 0.929. The molecular formula is C14H15FN2O3S2. The summed E-state index contributed by atoms with van der Waals surface area (Å²) in [6, 6.07) is 6.71. The van der Waals surface area contributed by atoms with Crippen LogP contribution in [-0.4, -0.2) is 32.7 Å². The number of amides is 1. The van der Waals surface area contributed by atoms with E-state index in [1.54, 1.807) is 12.1 Å². The lowest BCUT2D eigenvalue weighted by Gasteiger charge is -2.13. The highest BCUT2D eigenvalue weighted by molar-refractivity contribution is 7.89. The first-order valence-electron chi connectivity index (χ1n) is 6.31. The Hall–Kier alpha value is -1.77. The zero-order valence-corrected chi connectivity index (χ0v) is 13.9. The van der Waals surface area contributed by atoms with E-state index in [-0.39, 0.29) is 10.6 Å². The maximum absolute atomic E-state index is 13.8. The summed E-state index contributed by atoms with van der Waals surface area (Å²) in [5.41, 5.74) is -0.168. The number of halogens is 1. The summed E-state index contributed by atoms with van der Waals surface area (Å²) in [5, 5.41) is 2.40. The summed E-state index contributed by atoms with van der Waals surface area (Å²) in [4.78, 5) is 13.3. The number of benzene rings is 1. The van der Waals surface area contributed by atoms with E-state index >= 15 is 0 Å². The molecule has 1 heterocycles. The first-order valence-corrected chi connectivity index (χ1v) is 8.57. The van der Waals surface area contributed by atoms with Crippen molar-refractivity contribution in [2.75, 3.05) is 19.4 Å². The second kappa shape index (κ2) is 6.15. The molecule has 0 aliphatic rings. The fourth-order valence-electron chi connectivity index (χ4n) is 1.71. The first kappa shape index (κ1) is 16.6. The molecule has 1 aromatic heterocycles. The van der Waals surface area contributed by atoms with Crippen molar-refractivity contribution >= 4 is 33.0 Å². The number of sulfonamides is 1. The molecule has 0 aliphatic heterocycles. The predicted molar refractivity (Wildman–Crippen MR) is 84.3 cm³/mol. The van der Waals surface area contributed by atoms with Crippen LogP contribution in [0, 0.1) is 12.7 Å². The number of rotatable bonds is 4. The van der Waals surface area contributed by atoms with Crippen LogP contribution in [0.25, 0.3) is 0 Å². The number of anilines is 1. The van der Waals surface area contributed by atoms with Gasteiger partial charge in [0, 0.05) is 19.0 Å². The minimum atomic E-state index is -3.69. The number of nitrogens with one attached hydrogen (secondary N) is 1. The Balaban J connectivity index is 2.34. The summed E-state index contributed by atoms with van der Waals surface area (Å²) >= 11 is 1.27. The van der Waals surface area contributed by atoms with Gasteiger partial charge in [-0.2, -0.15) is 0 Å². The maximum atomic E-state index is 13.8. The normalized spacial score (nSPS) is 11.7. The molecule has 0 fully saturated rings. The molecule has 1 aromatic carbocycles. The van der Waals surface area contributed by atoms with Crippen LogP contribution in [-0.2, 0) is 10.0 Å². The molecule has 118 valence electrons. The van der Waals surface area contributed by atoms with E-state index in [1.165, 1.54) is 25.4 Å². The molecule has 1 amide bonds. The summed E-state index contributed by atoms with van der Waals surface area (Å²) in [5.74, 6) is -1.17. The molecule has 2 rings (SSSR count). The molecule has 0 unspecified atom stereocenters. The molecule has 0 saturated heterocycles. The van der Waals surface area contributed by atoms with Gasteiger partial charge in [-0.15, -0.1) is 11.3 Å². The maximum Gasteiger partial charge on any atom is 0.265 e. The van der Waals surface area contributed by atoms with Gasteiger partial charge in [0.2, 0.25) is 10.0 Å². The third-order valence-electron chi connectivity index (χ3n) is 2.93. The van der Waals surface area contributed by atoms with E-state index in [0.29, 0.717) is 4.88 Å². The third kappa shape index (κ3) is 3.34. The number of hydrogen-bond donors (Lipinski definition) is 1. The van der Waals surface area contributed by atoms with Crippen molar-refractivity contribution < 1.29 is 17.6 Å². The topological polar surface area (TPSA) is 66.5 Å². The van der Waals surface area contributed by atoms with Crippen molar-refractivity contribution in [3.63, 3.8) is 0 Å². The predicted octanol–water partition coefficient (Wildman–Crippen LogP) is 2.70.